The lowest BCUT2D eigenvalue weighted by molar-refractivity contribution is -0.119. The van der Waals surface area contributed by atoms with Crippen LogP contribution < -0.4 is 0 Å². The second kappa shape index (κ2) is 5.43. The molecular weight excluding hydrogens is 230 g/mol. The first-order valence-electron chi connectivity index (χ1n) is 5.58. The molecule has 2 rings (SSSR count). The first-order chi connectivity index (χ1) is 8.69. The minimum Gasteiger partial charge on any atom is -0.443 e. The van der Waals surface area contributed by atoms with Crippen molar-refractivity contribution < 1.29 is 9.21 Å². The molecule has 0 saturated heterocycles. The van der Waals surface area contributed by atoms with E-state index in [1.54, 1.807) is 0 Å². The Morgan fingerprint density at radius 2 is 2.39 bits per heavy atom. The lowest BCUT2D eigenvalue weighted by atomic mass is 10.2. The molecule has 0 atom stereocenters. The van der Waals surface area contributed by atoms with Gasteiger partial charge in [-0.2, -0.15) is 5.26 Å². The van der Waals surface area contributed by atoms with E-state index in [2.05, 4.69) is 4.98 Å². The fourth-order valence-corrected chi connectivity index (χ4v) is 1.81. The van der Waals surface area contributed by atoms with Gasteiger partial charge < -0.3 is 4.42 Å². The van der Waals surface area contributed by atoms with Gasteiger partial charge in [-0.25, -0.2) is 4.98 Å². The number of oxazole rings is 1. The molecule has 0 amide bonds. The summed E-state index contributed by atoms with van der Waals surface area (Å²) in [6, 6.07) is 7.61. The Balaban J connectivity index is 2.00. The highest BCUT2D eigenvalue weighted by molar-refractivity contribution is 5.82. The smallest absolute Gasteiger partial charge is 0.181 e. The molecule has 0 aliphatic carbocycles. The van der Waals surface area contributed by atoms with Crippen LogP contribution in [-0.4, -0.2) is 29.3 Å². The van der Waals surface area contributed by atoms with E-state index < -0.39 is 0 Å². The van der Waals surface area contributed by atoms with E-state index in [-0.39, 0.29) is 18.7 Å². The fourth-order valence-electron chi connectivity index (χ4n) is 1.81. The van der Waals surface area contributed by atoms with Crippen molar-refractivity contribution in [2.24, 2.45) is 0 Å². The van der Waals surface area contributed by atoms with Gasteiger partial charge in [0.2, 0.25) is 0 Å². The summed E-state index contributed by atoms with van der Waals surface area (Å²) < 4.78 is 5.22. The van der Waals surface area contributed by atoms with Crippen LogP contribution in [0.2, 0.25) is 0 Å². The number of nitriles is 1. The molecule has 1 aromatic carbocycles. The van der Waals surface area contributed by atoms with Gasteiger partial charge in [-0.1, -0.05) is 6.07 Å². The molecule has 5 heteroatoms. The number of hydrogen-bond donors (Lipinski definition) is 0. The third kappa shape index (κ3) is 2.93. The Kier molecular flexibility index (Phi) is 3.70. The average Bonchev–Trinajstić information content (AvgIpc) is 2.76. The van der Waals surface area contributed by atoms with Crippen LogP contribution in [0.1, 0.15) is 12.0 Å². The summed E-state index contributed by atoms with van der Waals surface area (Å²) in [7, 11) is 1.85. The molecule has 2 aromatic rings. The number of carbonyl (C=O) groups is 1. The number of nitrogens with zero attached hydrogens (tertiary/aromatic N) is 3. The molecule has 0 aliphatic rings. The van der Waals surface area contributed by atoms with Gasteiger partial charge in [0.25, 0.3) is 0 Å². The summed E-state index contributed by atoms with van der Waals surface area (Å²) in [6.07, 6.45) is 1.38. The van der Waals surface area contributed by atoms with Crippen LogP contribution in [0.15, 0.2) is 29.0 Å². The van der Waals surface area contributed by atoms with Crippen molar-refractivity contribution in [2.45, 2.75) is 13.0 Å². The number of Topliss-reactive ketones (excluding diaryl/α,β-unsaturated/α-hetero) is 1. The highest BCUT2D eigenvalue weighted by Gasteiger charge is 2.08. The minimum absolute atomic E-state index is 0.0362. The second-order valence-electron chi connectivity index (χ2n) is 4.20. The van der Waals surface area contributed by atoms with Crippen LogP contribution in [0, 0.1) is 11.3 Å². The van der Waals surface area contributed by atoms with E-state index >= 15 is 0 Å². The lowest BCUT2D eigenvalue weighted by Gasteiger charge is -2.14. The fraction of sp³-hybridized carbons (Fsp3) is 0.308. The monoisotopic (exact) mass is 243 g/mol. The minimum atomic E-state index is -0.0688. The third-order valence-corrected chi connectivity index (χ3v) is 2.57. The summed E-state index contributed by atoms with van der Waals surface area (Å²) in [5.41, 5.74) is 2.61. The van der Waals surface area contributed by atoms with Crippen molar-refractivity contribution in [2.75, 3.05) is 13.6 Å². The summed E-state index contributed by atoms with van der Waals surface area (Å²) in [5, 5.41) is 8.43. The molecule has 0 unspecified atom stereocenters. The SMILES string of the molecule is CN(CC(=O)CC#N)Cc1ccc2ncoc2c1. The molecule has 0 aliphatic heterocycles. The Labute approximate surface area is 105 Å². The largest absolute Gasteiger partial charge is 0.443 e. The Hall–Kier alpha value is -2.19. The number of likely N-dealkylation sites (N-methyl/N-ethyl adjacent to an activating group) is 1. The maximum absolute atomic E-state index is 11.3. The molecule has 0 radical (unpaired) electrons. The molecule has 0 fully saturated rings. The van der Waals surface area contributed by atoms with Crippen molar-refractivity contribution in [1.29, 1.82) is 5.26 Å². The standard InChI is InChI=1S/C13H13N3O2/c1-16(8-11(17)4-5-14)7-10-2-3-12-13(6-10)18-9-15-12/h2-3,6,9H,4,7-8H2,1H3. The zero-order valence-corrected chi connectivity index (χ0v) is 10.1. The Morgan fingerprint density at radius 3 is 3.17 bits per heavy atom. The molecule has 92 valence electrons. The Bertz CT molecular complexity index is 598. The number of rotatable bonds is 5. The number of aromatic nitrogens is 1. The van der Waals surface area contributed by atoms with Crippen molar-refractivity contribution in [1.82, 2.24) is 9.88 Å². The normalized spacial score (nSPS) is 10.7. The molecule has 0 bridgehead atoms. The van der Waals surface area contributed by atoms with Crippen molar-refractivity contribution in [3.8, 4) is 6.07 Å². The van der Waals surface area contributed by atoms with E-state index in [4.69, 9.17) is 9.68 Å². The highest BCUT2D eigenvalue weighted by atomic mass is 16.3. The summed E-state index contributed by atoms with van der Waals surface area (Å²) >= 11 is 0. The van der Waals surface area contributed by atoms with Crippen LogP contribution in [0.5, 0.6) is 0 Å². The van der Waals surface area contributed by atoms with E-state index in [1.807, 2.05) is 36.2 Å². The average molecular weight is 243 g/mol. The van der Waals surface area contributed by atoms with Crippen molar-refractivity contribution in [3.63, 3.8) is 0 Å². The number of carbonyl (C=O) groups excluding carboxylic acids is 1. The van der Waals surface area contributed by atoms with Crippen LogP contribution >= 0.6 is 0 Å². The second-order valence-corrected chi connectivity index (χ2v) is 4.20. The van der Waals surface area contributed by atoms with Gasteiger partial charge in [0, 0.05) is 6.54 Å². The summed E-state index contributed by atoms with van der Waals surface area (Å²) in [6.45, 7) is 0.913. The van der Waals surface area contributed by atoms with Crippen LogP contribution in [0.25, 0.3) is 11.1 Å². The van der Waals surface area contributed by atoms with Crippen LogP contribution in [0.3, 0.4) is 0 Å². The van der Waals surface area contributed by atoms with Gasteiger partial charge in [0.1, 0.15) is 5.52 Å². The number of benzene rings is 1. The lowest BCUT2D eigenvalue weighted by Crippen LogP contribution is -2.25. The molecule has 0 spiro atoms. The first kappa shape index (κ1) is 12.3. The molecule has 5 nitrogen and oxygen atoms in total. The molecule has 1 aromatic heterocycles. The van der Waals surface area contributed by atoms with Gasteiger partial charge in [-0.05, 0) is 24.7 Å². The Morgan fingerprint density at radius 1 is 1.56 bits per heavy atom. The van der Waals surface area contributed by atoms with Crippen molar-refractivity contribution in [3.05, 3.63) is 30.2 Å². The number of fused-ring (bicyclic) bond motifs is 1. The molecule has 1 heterocycles. The zero-order chi connectivity index (χ0) is 13.0. The van der Waals surface area contributed by atoms with Crippen LogP contribution in [-0.2, 0) is 11.3 Å². The van der Waals surface area contributed by atoms with Gasteiger partial charge >= 0.3 is 0 Å². The van der Waals surface area contributed by atoms with E-state index in [0.717, 1.165) is 16.7 Å². The number of ketones is 1. The highest BCUT2D eigenvalue weighted by Crippen LogP contribution is 2.15. The molecular formula is C13H13N3O2. The van der Waals surface area contributed by atoms with Gasteiger partial charge in [0.05, 0.1) is 19.0 Å². The predicted molar refractivity (Wildman–Crippen MR) is 65.6 cm³/mol. The van der Waals surface area contributed by atoms with E-state index in [1.165, 1.54) is 6.39 Å². The quantitative estimate of drug-likeness (QED) is 0.800. The molecule has 0 N–H and O–H groups in total. The van der Waals surface area contributed by atoms with E-state index in [0.29, 0.717) is 6.54 Å². The first-order valence-corrected chi connectivity index (χ1v) is 5.58. The zero-order valence-electron chi connectivity index (χ0n) is 10.1. The van der Waals surface area contributed by atoms with Crippen molar-refractivity contribution >= 4 is 16.9 Å². The van der Waals surface area contributed by atoms with Gasteiger partial charge in [-0.15, -0.1) is 0 Å². The maximum atomic E-state index is 11.3. The summed E-state index contributed by atoms with van der Waals surface area (Å²) in [5.74, 6) is -0.0688. The third-order valence-electron chi connectivity index (χ3n) is 2.57. The van der Waals surface area contributed by atoms with Gasteiger partial charge in [0.15, 0.2) is 17.8 Å². The molecule has 0 saturated carbocycles. The summed E-state index contributed by atoms with van der Waals surface area (Å²) in [4.78, 5) is 17.2. The maximum Gasteiger partial charge on any atom is 0.181 e. The number of hydrogen-bond acceptors (Lipinski definition) is 5. The topological polar surface area (TPSA) is 70.1 Å². The van der Waals surface area contributed by atoms with Gasteiger partial charge in [-0.3, -0.25) is 9.69 Å². The predicted octanol–water partition coefficient (Wildman–Crippen LogP) is 1.74. The molecule has 18 heavy (non-hydrogen) atoms. The van der Waals surface area contributed by atoms with Crippen LogP contribution in [0.4, 0.5) is 0 Å². The van der Waals surface area contributed by atoms with E-state index in [9.17, 15) is 4.79 Å².